The van der Waals surface area contributed by atoms with Gasteiger partial charge in [0.05, 0.1) is 17.4 Å². The van der Waals surface area contributed by atoms with Crippen LogP contribution in [0.4, 0.5) is 17.5 Å². The number of nitro groups is 1. The first-order valence-electron chi connectivity index (χ1n) is 5.93. The van der Waals surface area contributed by atoms with Gasteiger partial charge in [0.15, 0.2) is 0 Å². The molecule has 1 N–H and O–H groups in total. The molecule has 0 bridgehead atoms. The molecule has 8 nitrogen and oxygen atoms in total. The topological polar surface area (TPSA) is 108 Å². The van der Waals surface area contributed by atoms with Crippen LogP contribution >= 0.6 is 0 Å². The van der Waals surface area contributed by atoms with E-state index in [0.29, 0.717) is 19.0 Å². The Hall–Kier alpha value is -2.43. The van der Waals surface area contributed by atoms with Crippen molar-refractivity contribution in [2.24, 2.45) is 0 Å². The summed E-state index contributed by atoms with van der Waals surface area (Å²) in [4.78, 5) is 20.0. The second-order valence-electron chi connectivity index (χ2n) is 3.92. The molecule has 0 aromatic carbocycles. The maximum atomic E-state index is 10.9. The Morgan fingerprint density at radius 1 is 1.63 bits per heavy atom. The zero-order valence-electron chi connectivity index (χ0n) is 11.0. The minimum absolute atomic E-state index is 0.164. The summed E-state index contributed by atoms with van der Waals surface area (Å²) in [6.07, 6.45) is 2.36. The smallest absolute Gasteiger partial charge is 0.329 e. The standard InChI is InChI=1S/C11H16N6O2/c1-3-6-13-11-14-8-9(17(18)19)10(15-11)16(2)7-4-5-12/h8H,3-4,6-7H2,1-2H3,(H,13,14,15). The van der Waals surface area contributed by atoms with Crippen LogP contribution < -0.4 is 10.2 Å². The summed E-state index contributed by atoms with van der Waals surface area (Å²) in [7, 11) is 1.66. The molecule has 8 heteroatoms. The predicted octanol–water partition coefficient (Wildman–Crippen LogP) is 1.56. The fourth-order valence-corrected chi connectivity index (χ4v) is 1.42. The van der Waals surface area contributed by atoms with E-state index in [-0.39, 0.29) is 17.9 Å². The molecule has 0 saturated heterocycles. The van der Waals surface area contributed by atoms with E-state index in [9.17, 15) is 10.1 Å². The second kappa shape index (κ2) is 7.10. The van der Waals surface area contributed by atoms with Gasteiger partial charge in [-0.2, -0.15) is 10.2 Å². The third kappa shape index (κ3) is 4.06. The van der Waals surface area contributed by atoms with E-state index in [1.807, 2.05) is 13.0 Å². The van der Waals surface area contributed by atoms with E-state index in [1.165, 1.54) is 6.20 Å². The lowest BCUT2D eigenvalue weighted by Crippen LogP contribution is -2.21. The van der Waals surface area contributed by atoms with Crippen LogP contribution in [0.25, 0.3) is 0 Å². The average molecular weight is 264 g/mol. The molecule has 0 saturated carbocycles. The molecule has 0 aliphatic heterocycles. The Morgan fingerprint density at radius 2 is 2.37 bits per heavy atom. The molecule has 0 spiro atoms. The fraction of sp³-hybridized carbons (Fsp3) is 0.545. The molecule has 1 aromatic heterocycles. The van der Waals surface area contributed by atoms with Crippen molar-refractivity contribution in [2.75, 3.05) is 30.4 Å². The highest BCUT2D eigenvalue weighted by Crippen LogP contribution is 2.25. The summed E-state index contributed by atoms with van der Waals surface area (Å²) in [5, 5.41) is 22.5. The first-order chi connectivity index (χ1) is 9.10. The maximum absolute atomic E-state index is 10.9. The molecule has 0 radical (unpaired) electrons. The lowest BCUT2D eigenvalue weighted by Gasteiger charge is -2.16. The van der Waals surface area contributed by atoms with Crippen LogP contribution in [0.5, 0.6) is 0 Å². The Morgan fingerprint density at radius 3 is 2.95 bits per heavy atom. The first-order valence-corrected chi connectivity index (χ1v) is 5.93. The Kier molecular flexibility index (Phi) is 5.47. The predicted molar refractivity (Wildman–Crippen MR) is 71.0 cm³/mol. The van der Waals surface area contributed by atoms with Gasteiger partial charge in [-0.25, -0.2) is 4.98 Å². The van der Waals surface area contributed by atoms with Crippen LogP contribution in [0.1, 0.15) is 19.8 Å². The van der Waals surface area contributed by atoms with E-state index in [1.54, 1.807) is 11.9 Å². The molecule has 0 unspecified atom stereocenters. The Bertz CT molecular complexity index is 485. The molecule has 1 rings (SSSR count). The highest BCUT2D eigenvalue weighted by atomic mass is 16.6. The van der Waals surface area contributed by atoms with Gasteiger partial charge in [-0.3, -0.25) is 10.1 Å². The van der Waals surface area contributed by atoms with Crippen molar-refractivity contribution in [3.63, 3.8) is 0 Å². The van der Waals surface area contributed by atoms with Crippen molar-refractivity contribution in [1.82, 2.24) is 9.97 Å². The van der Waals surface area contributed by atoms with Crippen molar-refractivity contribution < 1.29 is 4.92 Å². The fourth-order valence-electron chi connectivity index (χ4n) is 1.42. The van der Waals surface area contributed by atoms with Gasteiger partial charge in [0, 0.05) is 20.1 Å². The Labute approximate surface area is 111 Å². The van der Waals surface area contributed by atoms with Crippen LogP contribution in [0, 0.1) is 21.4 Å². The van der Waals surface area contributed by atoms with Gasteiger partial charge in [-0.15, -0.1) is 0 Å². The molecule has 1 aromatic rings. The number of nitrogens with zero attached hydrogens (tertiary/aromatic N) is 5. The lowest BCUT2D eigenvalue weighted by atomic mass is 10.4. The van der Waals surface area contributed by atoms with Gasteiger partial charge in [-0.05, 0) is 6.42 Å². The number of nitrogens with one attached hydrogen (secondary N) is 1. The third-order valence-corrected chi connectivity index (χ3v) is 2.40. The summed E-state index contributed by atoms with van der Waals surface area (Å²) < 4.78 is 0. The molecule has 0 atom stereocenters. The van der Waals surface area contributed by atoms with Crippen molar-refractivity contribution >= 4 is 17.5 Å². The summed E-state index contributed by atoms with van der Waals surface area (Å²) in [6, 6.07) is 2.00. The van der Waals surface area contributed by atoms with Crippen molar-refractivity contribution in [3.8, 4) is 6.07 Å². The summed E-state index contributed by atoms with van der Waals surface area (Å²) in [6.45, 7) is 3.07. The maximum Gasteiger partial charge on any atom is 0.329 e. The average Bonchev–Trinajstić information content (AvgIpc) is 2.41. The van der Waals surface area contributed by atoms with Crippen LogP contribution in [0.2, 0.25) is 0 Å². The zero-order valence-corrected chi connectivity index (χ0v) is 11.0. The SMILES string of the molecule is CCCNc1ncc([N+](=O)[O-])c(N(C)CCC#N)n1. The van der Waals surface area contributed by atoms with Crippen LogP contribution in [0.15, 0.2) is 6.20 Å². The summed E-state index contributed by atoms with van der Waals surface area (Å²) in [5.74, 6) is 0.570. The zero-order chi connectivity index (χ0) is 14.3. The third-order valence-electron chi connectivity index (χ3n) is 2.40. The van der Waals surface area contributed by atoms with Gasteiger partial charge in [0.25, 0.3) is 0 Å². The minimum atomic E-state index is -0.526. The van der Waals surface area contributed by atoms with Gasteiger partial charge >= 0.3 is 5.69 Å². The highest BCUT2D eigenvalue weighted by Gasteiger charge is 2.20. The molecule has 0 aliphatic rings. The van der Waals surface area contributed by atoms with E-state index >= 15 is 0 Å². The van der Waals surface area contributed by atoms with Gasteiger partial charge < -0.3 is 10.2 Å². The molecule has 19 heavy (non-hydrogen) atoms. The Balaban J connectivity index is 3.01. The molecule has 0 fully saturated rings. The molecule has 1 heterocycles. The van der Waals surface area contributed by atoms with Gasteiger partial charge in [-0.1, -0.05) is 6.92 Å². The molecule has 102 valence electrons. The van der Waals surface area contributed by atoms with E-state index in [2.05, 4.69) is 15.3 Å². The van der Waals surface area contributed by atoms with Gasteiger partial charge in [0.1, 0.15) is 6.20 Å². The first kappa shape index (κ1) is 14.6. The normalized spacial score (nSPS) is 9.74. The second-order valence-corrected chi connectivity index (χ2v) is 3.92. The quantitative estimate of drug-likeness (QED) is 0.588. The van der Waals surface area contributed by atoms with E-state index in [4.69, 9.17) is 5.26 Å². The molecule has 0 amide bonds. The minimum Gasteiger partial charge on any atom is -0.354 e. The molecule has 0 aliphatic carbocycles. The van der Waals surface area contributed by atoms with Gasteiger partial charge in [0.2, 0.25) is 11.8 Å². The molecular weight excluding hydrogens is 248 g/mol. The number of rotatable bonds is 7. The lowest BCUT2D eigenvalue weighted by molar-refractivity contribution is -0.384. The molecular formula is C11H16N6O2. The van der Waals surface area contributed by atoms with Crippen molar-refractivity contribution in [3.05, 3.63) is 16.3 Å². The van der Waals surface area contributed by atoms with Crippen LogP contribution in [-0.4, -0.2) is 35.0 Å². The number of hydrogen-bond acceptors (Lipinski definition) is 7. The number of hydrogen-bond donors (Lipinski definition) is 1. The highest BCUT2D eigenvalue weighted by molar-refractivity contribution is 5.58. The largest absolute Gasteiger partial charge is 0.354 e. The van der Waals surface area contributed by atoms with E-state index in [0.717, 1.165) is 6.42 Å². The van der Waals surface area contributed by atoms with Crippen LogP contribution in [0.3, 0.4) is 0 Å². The van der Waals surface area contributed by atoms with Crippen LogP contribution in [-0.2, 0) is 0 Å². The monoisotopic (exact) mass is 264 g/mol. The number of nitriles is 1. The summed E-state index contributed by atoms with van der Waals surface area (Å²) >= 11 is 0. The number of anilines is 2. The van der Waals surface area contributed by atoms with Crippen molar-refractivity contribution in [2.45, 2.75) is 19.8 Å². The summed E-state index contributed by atoms with van der Waals surface area (Å²) in [5.41, 5.74) is -0.164. The van der Waals surface area contributed by atoms with E-state index < -0.39 is 4.92 Å². The number of aromatic nitrogens is 2. The van der Waals surface area contributed by atoms with Crippen molar-refractivity contribution in [1.29, 1.82) is 5.26 Å².